The first kappa shape index (κ1) is 22.0. The molecule has 1 aliphatic rings. The normalized spacial score (nSPS) is 18.3. The average molecular weight is 455 g/mol. The largest absolute Gasteiger partial charge is 0.396 e. The smallest absolute Gasteiger partial charge is 0.270 e. The van der Waals surface area contributed by atoms with Crippen LogP contribution in [0.2, 0.25) is 0 Å². The lowest BCUT2D eigenvalue weighted by atomic mass is 9.92. The Balaban J connectivity index is 1.62. The molecule has 0 atom stereocenters. The summed E-state index contributed by atoms with van der Waals surface area (Å²) in [5.41, 5.74) is 21.7. The number of carbonyl (C=O) groups is 1. The van der Waals surface area contributed by atoms with Gasteiger partial charge in [-0.05, 0) is 54.2 Å². The van der Waals surface area contributed by atoms with Crippen molar-refractivity contribution in [2.24, 2.45) is 11.5 Å². The van der Waals surface area contributed by atoms with Crippen LogP contribution in [0.5, 0.6) is 0 Å². The Kier molecular flexibility index (Phi) is 5.71. The van der Waals surface area contributed by atoms with Crippen LogP contribution in [0.3, 0.4) is 0 Å². The lowest BCUT2D eigenvalue weighted by Crippen LogP contribution is -2.41. The van der Waals surface area contributed by atoms with Crippen molar-refractivity contribution in [1.82, 2.24) is 9.88 Å². The number of amidine groups is 1. The van der Waals surface area contributed by atoms with Crippen LogP contribution in [-0.4, -0.2) is 28.4 Å². The first-order valence-electron chi connectivity index (χ1n) is 11.7. The van der Waals surface area contributed by atoms with Gasteiger partial charge in [-0.2, -0.15) is 0 Å². The number of aromatic nitrogens is 1. The maximum absolute atomic E-state index is 13.6. The van der Waals surface area contributed by atoms with Gasteiger partial charge in [-0.25, -0.2) is 0 Å². The van der Waals surface area contributed by atoms with Crippen LogP contribution in [-0.2, 0) is 6.54 Å². The van der Waals surface area contributed by atoms with E-state index in [4.69, 9.17) is 22.6 Å². The molecule has 7 nitrogen and oxygen atoms in total. The van der Waals surface area contributed by atoms with Crippen LogP contribution in [0.15, 0.2) is 60.7 Å². The number of nitrogens with one attached hydrogen (secondary N) is 2. The molecule has 1 fully saturated rings. The number of carbonyl (C=O) groups excluding carboxylic acids is 1. The molecule has 174 valence electrons. The van der Waals surface area contributed by atoms with E-state index in [9.17, 15) is 4.79 Å². The topological polar surface area (TPSA) is 136 Å². The summed E-state index contributed by atoms with van der Waals surface area (Å²) in [6, 6.07) is 20.1. The zero-order valence-electron chi connectivity index (χ0n) is 19.1. The van der Waals surface area contributed by atoms with Gasteiger partial charge in [0.1, 0.15) is 11.5 Å². The molecule has 0 bridgehead atoms. The molecule has 8 N–H and O–H groups in total. The predicted molar refractivity (Wildman–Crippen MR) is 138 cm³/mol. The number of amides is 1. The highest BCUT2D eigenvalue weighted by Gasteiger charge is 2.26. The molecule has 3 aromatic carbocycles. The molecule has 1 aliphatic carbocycles. The molecule has 0 saturated heterocycles. The molecule has 34 heavy (non-hydrogen) atoms. The number of nitrogen functional groups attached to an aromatic ring is 2. The number of benzene rings is 3. The lowest BCUT2D eigenvalue weighted by molar-refractivity contribution is 0.0918. The Labute approximate surface area is 198 Å². The van der Waals surface area contributed by atoms with Gasteiger partial charge in [-0.15, -0.1) is 0 Å². The predicted octanol–water partition coefficient (Wildman–Crippen LogP) is 3.71. The van der Waals surface area contributed by atoms with Crippen LogP contribution in [0.25, 0.3) is 21.7 Å². The van der Waals surface area contributed by atoms with E-state index in [0.717, 1.165) is 52.9 Å². The van der Waals surface area contributed by atoms with Crippen molar-refractivity contribution >= 4 is 39.1 Å². The fraction of sp³-hybridized carbons (Fsp3) is 0.259. The fourth-order valence-electron chi connectivity index (χ4n) is 5.07. The van der Waals surface area contributed by atoms with Gasteiger partial charge in [0.2, 0.25) is 0 Å². The van der Waals surface area contributed by atoms with Crippen molar-refractivity contribution in [1.29, 1.82) is 5.41 Å². The average Bonchev–Trinajstić information content (AvgIpc) is 3.11. The van der Waals surface area contributed by atoms with Crippen LogP contribution in [0, 0.1) is 5.41 Å². The summed E-state index contributed by atoms with van der Waals surface area (Å²) in [7, 11) is 0. The molecule has 0 spiro atoms. The Morgan fingerprint density at radius 3 is 2.50 bits per heavy atom. The highest BCUT2D eigenvalue weighted by molar-refractivity contribution is 6.10. The monoisotopic (exact) mass is 454 g/mol. The second kappa shape index (κ2) is 8.83. The van der Waals surface area contributed by atoms with Crippen molar-refractivity contribution in [3.8, 4) is 0 Å². The first-order chi connectivity index (χ1) is 16.4. The summed E-state index contributed by atoms with van der Waals surface area (Å²) in [5.74, 6) is -0.207. The molecule has 1 aromatic heterocycles. The Hall–Kier alpha value is -3.84. The van der Waals surface area contributed by atoms with Crippen LogP contribution in [0.4, 0.5) is 5.69 Å². The molecule has 1 amide bonds. The Morgan fingerprint density at radius 2 is 1.74 bits per heavy atom. The molecule has 0 radical (unpaired) electrons. The van der Waals surface area contributed by atoms with Crippen molar-refractivity contribution in [3.63, 3.8) is 0 Å². The molecule has 1 saturated carbocycles. The van der Waals surface area contributed by atoms with Crippen molar-refractivity contribution in [2.75, 3.05) is 5.73 Å². The van der Waals surface area contributed by atoms with Crippen molar-refractivity contribution in [2.45, 2.75) is 44.3 Å². The third kappa shape index (κ3) is 3.99. The highest BCUT2D eigenvalue weighted by atomic mass is 16.2. The Morgan fingerprint density at radius 1 is 1.00 bits per heavy atom. The van der Waals surface area contributed by atoms with E-state index in [0.29, 0.717) is 23.5 Å². The number of hydrogen-bond donors (Lipinski definition) is 5. The molecule has 4 aromatic rings. The summed E-state index contributed by atoms with van der Waals surface area (Å²) in [4.78, 5) is 13.6. The standard InChI is InChI=1S/C27H30N6O/c28-19-9-11-20(12-10-19)32-27(34)25-24(29)22-13-8-17(26(30)31)14-23(22)33(25)15-18-6-3-5-16-4-1-2-7-21(16)18/h1-8,13-14,19-20H,9-12,15,28-29H2,(H3,30,31)(H,32,34)/t19-,20-. The molecule has 0 unspecified atom stereocenters. The number of rotatable bonds is 5. The summed E-state index contributed by atoms with van der Waals surface area (Å²) >= 11 is 0. The minimum Gasteiger partial charge on any atom is -0.396 e. The van der Waals surface area contributed by atoms with E-state index in [1.807, 2.05) is 34.9 Å². The van der Waals surface area contributed by atoms with Gasteiger partial charge in [0.25, 0.3) is 5.91 Å². The minimum absolute atomic E-state index is 0.0251. The van der Waals surface area contributed by atoms with Gasteiger partial charge in [0.05, 0.1) is 11.2 Å². The third-order valence-electron chi connectivity index (χ3n) is 6.95. The zero-order valence-corrected chi connectivity index (χ0v) is 19.1. The highest BCUT2D eigenvalue weighted by Crippen LogP contribution is 2.32. The fourth-order valence-corrected chi connectivity index (χ4v) is 5.07. The van der Waals surface area contributed by atoms with Crippen LogP contribution in [0.1, 0.15) is 47.3 Å². The minimum atomic E-state index is -0.182. The van der Waals surface area contributed by atoms with E-state index in [2.05, 4.69) is 29.6 Å². The number of fused-ring (bicyclic) bond motifs is 2. The van der Waals surface area contributed by atoms with Gasteiger partial charge in [0, 0.05) is 29.6 Å². The maximum Gasteiger partial charge on any atom is 0.270 e. The molecule has 1 heterocycles. The lowest BCUT2D eigenvalue weighted by Gasteiger charge is -2.27. The van der Waals surface area contributed by atoms with Gasteiger partial charge < -0.3 is 27.1 Å². The first-order valence-corrected chi connectivity index (χ1v) is 11.7. The van der Waals surface area contributed by atoms with Gasteiger partial charge in [0.15, 0.2) is 0 Å². The summed E-state index contributed by atoms with van der Waals surface area (Å²) in [6.07, 6.45) is 3.54. The van der Waals surface area contributed by atoms with Gasteiger partial charge in [-0.1, -0.05) is 48.5 Å². The third-order valence-corrected chi connectivity index (χ3v) is 6.95. The Bertz CT molecular complexity index is 1390. The number of nitrogens with two attached hydrogens (primary N) is 3. The SMILES string of the molecule is N=C(N)c1ccc2c(N)c(C(=O)N[C@H]3CC[C@H](N)CC3)n(Cc3cccc4ccccc34)c2c1. The summed E-state index contributed by atoms with van der Waals surface area (Å²) in [5, 5.41) is 14.1. The van der Waals surface area contributed by atoms with Crippen molar-refractivity contribution < 1.29 is 4.79 Å². The van der Waals surface area contributed by atoms with Crippen molar-refractivity contribution in [3.05, 3.63) is 77.5 Å². The van der Waals surface area contributed by atoms with E-state index in [-0.39, 0.29) is 23.8 Å². The van der Waals surface area contributed by atoms with E-state index in [1.54, 1.807) is 6.07 Å². The van der Waals surface area contributed by atoms with E-state index in [1.165, 1.54) is 0 Å². The molecule has 0 aliphatic heterocycles. The number of hydrogen-bond acceptors (Lipinski definition) is 4. The quantitative estimate of drug-likeness (QED) is 0.232. The number of anilines is 1. The molecular weight excluding hydrogens is 424 g/mol. The van der Waals surface area contributed by atoms with E-state index >= 15 is 0 Å². The summed E-state index contributed by atoms with van der Waals surface area (Å²) < 4.78 is 1.96. The maximum atomic E-state index is 13.6. The number of nitrogens with zero attached hydrogens (tertiary/aromatic N) is 1. The molecule has 5 rings (SSSR count). The van der Waals surface area contributed by atoms with Gasteiger partial charge in [-0.3, -0.25) is 10.2 Å². The molecular formula is C27H30N6O. The summed E-state index contributed by atoms with van der Waals surface area (Å²) in [6.45, 7) is 0.467. The second-order valence-electron chi connectivity index (χ2n) is 9.22. The molecule has 7 heteroatoms. The second-order valence-corrected chi connectivity index (χ2v) is 9.22. The zero-order chi connectivity index (χ0) is 23.8. The van der Waals surface area contributed by atoms with Gasteiger partial charge >= 0.3 is 0 Å². The van der Waals surface area contributed by atoms with E-state index < -0.39 is 0 Å². The van der Waals surface area contributed by atoms with Crippen LogP contribution < -0.4 is 22.5 Å². The van der Waals surface area contributed by atoms with Crippen LogP contribution >= 0.6 is 0 Å².